The van der Waals surface area contributed by atoms with Crippen molar-refractivity contribution >= 4 is 29.5 Å². The summed E-state index contributed by atoms with van der Waals surface area (Å²) in [6.07, 6.45) is 0.371. The first kappa shape index (κ1) is 20.6. The molecule has 0 unspecified atom stereocenters. The second-order valence-electron chi connectivity index (χ2n) is 6.75. The smallest absolute Gasteiger partial charge is 0.222 e. The first-order valence-electron chi connectivity index (χ1n) is 8.39. The van der Waals surface area contributed by atoms with Gasteiger partial charge in [0.1, 0.15) is 5.75 Å². The second-order valence-corrected chi connectivity index (χ2v) is 8.01. The Labute approximate surface area is 164 Å². The van der Waals surface area contributed by atoms with Crippen molar-refractivity contribution in [1.82, 2.24) is 10.0 Å². The van der Waals surface area contributed by atoms with Crippen LogP contribution in [0.3, 0.4) is 0 Å². The zero-order chi connectivity index (χ0) is 19.2. The zero-order valence-electron chi connectivity index (χ0n) is 15.6. The lowest BCUT2D eigenvalue weighted by molar-refractivity contribution is -0.122. The fraction of sp³-hybridized carbons (Fsp3) is 0.350. The monoisotopic (exact) mass is 392 g/mol. The Bertz CT molecular complexity index is 748. The number of carbonyl (C=O) groups is 1. The van der Waals surface area contributed by atoms with Gasteiger partial charge >= 0.3 is 0 Å². The molecule has 0 spiro atoms. The van der Waals surface area contributed by atoms with Gasteiger partial charge in [-0.05, 0) is 68.1 Å². The van der Waals surface area contributed by atoms with E-state index in [0.717, 1.165) is 26.8 Å². The molecule has 0 atom stereocenters. The maximum atomic E-state index is 12.3. The van der Waals surface area contributed by atoms with Crippen LogP contribution in [-0.2, 0) is 11.3 Å². The molecule has 0 heterocycles. The van der Waals surface area contributed by atoms with E-state index in [2.05, 4.69) is 10.0 Å². The molecule has 0 saturated heterocycles. The van der Waals surface area contributed by atoms with Gasteiger partial charge in [-0.3, -0.25) is 9.52 Å². The quantitative estimate of drug-likeness (QED) is 0.637. The summed E-state index contributed by atoms with van der Waals surface area (Å²) < 4.78 is 8.50. The van der Waals surface area contributed by atoms with Crippen molar-refractivity contribution in [2.45, 2.75) is 44.2 Å². The van der Waals surface area contributed by atoms with Crippen molar-refractivity contribution in [2.24, 2.45) is 0 Å². The van der Waals surface area contributed by atoms with Gasteiger partial charge in [0.15, 0.2) is 0 Å². The molecule has 0 aliphatic rings. The van der Waals surface area contributed by atoms with Crippen molar-refractivity contribution in [3.63, 3.8) is 0 Å². The van der Waals surface area contributed by atoms with E-state index in [1.54, 1.807) is 7.11 Å². The van der Waals surface area contributed by atoms with E-state index in [9.17, 15) is 4.79 Å². The average molecular weight is 393 g/mol. The number of halogens is 1. The van der Waals surface area contributed by atoms with Crippen molar-refractivity contribution in [1.29, 1.82) is 0 Å². The molecule has 4 nitrogen and oxygen atoms in total. The van der Waals surface area contributed by atoms with Gasteiger partial charge in [-0.1, -0.05) is 29.8 Å². The summed E-state index contributed by atoms with van der Waals surface area (Å²) in [6, 6.07) is 13.5. The Morgan fingerprint density at radius 1 is 1.19 bits per heavy atom. The minimum absolute atomic E-state index is 0.00161. The minimum Gasteiger partial charge on any atom is -0.497 e. The molecule has 1 amide bonds. The lowest BCUT2D eigenvalue weighted by atomic mass is 10.0. The maximum absolute atomic E-state index is 12.3. The van der Waals surface area contributed by atoms with Gasteiger partial charge in [0.2, 0.25) is 5.91 Å². The van der Waals surface area contributed by atoms with Crippen LogP contribution in [-0.4, -0.2) is 18.6 Å². The number of amides is 1. The molecule has 0 aliphatic carbocycles. The van der Waals surface area contributed by atoms with Gasteiger partial charge in [0.05, 0.1) is 7.11 Å². The Balaban J connectivity index is 1.83. The largest absolute Gasteiger partial charge is 0.497 e. The van der Waals surface area contributed by atoms with Gasteiger partial charge in [-0.25, -0.2) is 0 Å². The molecule has 2 aromatic rings. The van der Waals surface area contributed by atoms with Crippen LogP contribution in [0.4, 0.5) is 0 Å². The highest BCUT2D eigenvalue weighted by molar-refractivity contribution is 7.97. The van der Waals surface area contributed by atoms with Gasteiger partial charge in [-0.2, -0.15) is 0 Å². The molecule has 0 radical (unpaired) electrons. The molecule has 2 aromatic carbocycles. The topological polar surface area (TPSA) is 50.4 Å². The summed E-state index contributed by atoms with van der Waals surface area (Å²) in [7, 11) is 1.63. The van der Waals surface area contributed by atoms with E-state index in [-0.39, 0.29) is 11.4 Å². The summed E-state index contributed by atoms with van der Waals surface area (Å²) in [5.41, 5.74) is 1.71. The van der Waals surface area contributed by atoms with Crippen molar-refractivity contribution in [2.75, 3.05) is 7.11 Å². The molecule has 0 fully saturated rings. The summed E-state index contributed by atoms with van der Waals surface area (Å²) >= 11 is 7.65. The molecule has 2 rings (SSSR count). The van der Waals surface area contributed by atoms with E-state index in [1.807, 2.05) is 63.2 Å². The Morgan fingerprint density at radius 3 is 2.54 bits per heavy atom. The second kappa shape index (κ2) is 9.31. The number of carbonyl (C=O) groups excluding carboxylic acids is 1. The maximum Gasteiger partial charge on any atom is 0.222 e. The standard InChI is InChI=1S/C20H25ClN2O2S/c1-14-17(21)6-5-7-18(14)26-23-20(2,3)12-19(24)22-13-15-8-10-16(25-4)11-9-15/h5-11,23H,12-13H2,1-4H3,(H,22,24). The minimum atomic E-state index is -0.358. The third-order valence-electron chi connectivity index (χ3n) is 3.91. The third-order valence-corrected chi connectivity index (χ3v) is 5.63. The number of ether oxygens (including phenoxy) is 1. The van der Waals surface area contributed by atoms with Crippen molar-refractivity contribution < 1.29 is 9.53 Å². The Morgan fingerprint density at radius 2 is 1.88 bits per heavy atom. The van der Waals surface area contributed by atoms with Crippen LogP contribution in [0.25, 0.3) is 0 Å². The van der Waals surface area contributed by atoms with E-state index >= 15 is 0 Å². The highest BCUT2D eigenvalue weighted by atomic mass is 35.5. The average Bonchev–Trinajstić information content (AvgIpc) is 2.61. The molecule has 6 heteroatoms. The number of hydrogen-bond donors (Lipinski definition) is 2. The van der Waals surface area contributed by atoms with Crippen LogP contribution in [0.1, 0.15) is 31.4 Å². The molecule has 0 bridgehead atoms. The van der Waals surface area contributed by atoms with Crippen LogP contribution < -0.4 is 14.8 Å². The zero-order valence-corrected chi connectivity index (χ0v) is 17.1. The predicted octanol–water partition coefficient (Wildman–Crippen LogP) is 4.74. The molecule has 0 aliphatic heterocycles. The molecule has 0 aromatic heterocycles. The normalized spacial score (nSPS) is 11.3. The summed E-state index contributed by atoms with van der Waals surface area (Å²) in [6.45, 7) is 6.50. The van der Waals surface area contributed by atoms with Gasteiger partial charge < -0.3 is 10.1 Å². The number of hydrogen-bond acceptors (Lipinski definition) is 4. The molecule has 2 N–H and O–H groups in total. The molecule has 0 saturated carbocycles. The van der Waals surface area contributed by atoms with Gasteiger partial charge in [-0.15, -0.1) is 0 Å². The van der Waals surface area contributed by atoms with Crippen molar-refractivity contribution in [3.8, 4) is 5.75 Å². The fourth-order valence-corrected chi connectivity index (χ4v) is 3.43. The summed E-state index contributed by atoms with van der Waals surface area (Å²) in [5, 5.41) is 3.70. The number of benzene rings is 2. The Kier molecular flexibility index (Phi) is 7.38. The van der Waals surface area contributed by atoms with Gasteiger partial charge in [0, 0.05) is 28.4 Å². The third kappa shape index (κ3) is 6.24. The predicted molar refractivity (Wildman–Crippen MR) is 109 cm³/mol. The number of methoxy groups -OCH3 is 1. The lowest BCUT2D eigenvalue weighted by Gasteiger charge is -2.25. The molecular formula is C20H25ClN2O2S. The highest BCUT2D eigenvalue weighted by Crippen LogP contribution is 2.28. The molecular weight excluding hydrogens is 368 g/mol. The van der Waals surface area contributed by atoms with Crippen molar-refractivity contribution in [3.05, 3.63) is 58.6 Å². The molecule has 140 valence electrons. The van der Waals surface area contributed by atoms with Crippen LogP contribution in [0, 0.1) is 6.92 Å². The first-order chi connectivity index (χ1) is 12.3. The van der Waals surface area contributed by atoms with Crippen LogP contribution in [0.2, 0.25) is 5.02 Å². The summed E-state index contributed by atoms with van der Waals surface area (Å²) in [5.74, 6) is 0.806. The van der Waals surface area contributed by atoms with Gasteiger partial charge in [0.25, 0.3) is 0 Å². The van der Waals surface area contributed by atoms with E-state index < -0.39 is 0 Å². The summed E-state index contributed by atoms with van der Waals surface area (Å²) in [4.78, 5) is 13.3. The van der Waals surface area contributed by atoms with Crippen LogP contribution in [0.5, 0.6) is 5.75 Å². The number of rotatable bonds is 8. The Hall–Kier alpha value is -1.69. The fourth-order valence-electron chi connectivity index (χ4n) is 2.34. The lowest BCUT2D eigenvalue weighted by Crippen LogP contribution is -2.40. The number of nitrogens with one attached hydrogen (secondary N) is 2. The van der Waals surface area contributed by atoms with E-state index in [1.165, 1.54) is 11.9 Å². The highest BCUT2D eigenvalue weighted by Gasteiger charge is 2.22. The first-order valence-corrected chi connectivity index (χ1v) is 9.59. The molecule has 26 heavy (non-hydrogen) atoms. The SMILES string of the molecule is COc1ccc(CNC(=O)CC(C)(C)NSc2cccc(Cl)c2C)cc1. The van der Waals surface area contributed by atoms with Crippen LogP contribution >= 0.6 is 23.5 Å². The van der Waals surface area contributed by atoms with Crippen LogP contribution in [0.15, 0.2) is 47.4 Å². The van der Waals surface area contributed by atoms with E-state index in [4.69, 9.17) is 16.3 Å². The van der Waals surface area contributed by atoms with E-state index in [0.29, 0.717) is 13.0 Å².